The summed E-state index contributed by atoms with van der Waals surface area (Å²) in [5, 5.41) is 3.53. The van der Waals surface area contributed by atoms with Crippen molar-refractivity contribution in [1.29, 1.82) is 0 Å². The molecule has 2 aromatic rings. The van der Waals surface area contributed by atoms with Gasteiger partial charge >= 0.3 is 0 Å². The number of nitrogens with one attached hydrogen (secondary N) is 1. The third-order valence-corrected chi connectivity index (χ3v) is 4.88. The van der Waals surface area contributed by atoms with Crippen molar-refractivity contribution in [2.24, 2.45) is 0 Å². The summed E-state index contributed by atoms with van der Waals surface area (Å²) in [6.45, 7) is 3.69. The van der Waals surface area contributed by atoms with Crippen LogP contribution in [0.15, 0.2) is 24.4 Å². The molecule has 0 aromatic carbocycles. The minimum Gasteiger partial charge on any atom is -0.365 e. The van der Waals surface area contributed by atoms with E-state index in [0.717, 1.165) is 56.0 Å². The lowest BCUT2D eigenvalue weighted by Gasteiger charge is -2.23. The first-order valence-corrected chi connectivity index (χ1v) is 9.06. The smallest absolute Gasteiger partial charge is 0.222 e. The number of carbonyl (C=O) groups is 1. The van der Waals surface area contributed by atoms with Crippen molar-refractivity contribution in [2.75, 3.05) is 18.4 Å². The molecule has 6 heteroatoms. The van der Waals surface area contributed by atoms with Crippen molar-refractivity contribution < 1.29 is 4.79 Å². The van der Waals surface area contributed by atoms with E-state index in [1.54, 1.807) is 6.20 Å². The number of fused-ring (bicyclic) bond motifs is 1. The van der Waals surface area contributed by atoms with E-state index in [0.29, 0.717) is 12.2 Å². The SMILES string of the molecule is C[C@H](CN1CCCC1=O)Nc1nc(-c2ccccn2)nc2c1CCC2. The number of carbonyl (C=O) groups excluding carboxylic acids is 1. The number of aromatic nitrogens is 3. The van der Waals surface area contributed by atoms with E-state index < -0.39 is 0 Å². The van der Waals surface area contributed by atoms with Gasteiger partial charge in [-0.2, -0.15) is 0 Å². The molecule has 4 rings (SSSR count). The van der Waals surface area contributed by atoms with Gasteiger partial charge < -0.3 is 10.2 Å². The molecule has 1 atom stereocenters. The van der Waals surface area contributed by atoms with Gasteiger partial charge in [0.2, 0.25) is 5.91 Å². The standard InChI is InChI=1S/C19H23N5O/c1-13(12-24-11-5-9-17(24)25)21-18-14-6-4-8-15(14)22-19(23-18)16-7-2-3-10-20-16/h2-3,7,10,13H,4-6,8-9,11-12H2,1H3,(H,21,22,23)/t13-/m1/s1. The van der Waals surface area contributed by atoms with Crippen molar-refractivity contribution >= 4 is 11.7 Å². The Kier molecular flexibility index (Phi) is 4.34. The highest BCUT2D eigenvalue weighted by Gasteiger charge is 2.24. The minimum atomic E-state index is 0.151. The van der Waals surface area contributed by atoms with Gasteiger partial charge in [0.05, 0.1) is 0 Å². The third-order valence-electron chi connectivity index (χ3n) is 4.88. The first-order chi connectivity index (χ1) is 12.2. The second-order valence-electron chi connectivity index (χ2n) is 6.88. The number of nitrogens with zero attached hydrogens (tertiary/aromatic N) is 4. The van der Waals surface area contributed by atoms with Crippen molar-refractivity contribution in [1.82, 2.24) is 19.9 Å². The van der Waals surface area contributed by atoms with Crippen LogP contribution in [-0.2, 0) is 17.6 Å². The van der Waals surface area contributed by atoms with Crippen LogP contribution >= 0.6 is 0 Å². The Morgan fingerprint density at radius 2 is 2.12 bits per heavy atom. The number of anilines is 1. The maximum Gasteiger partial charge on any atom is 0.222 e. The largest absolute Gasteiger partial charge is 0.365 e. The molecular formula is C19H23N5O. The van der Waals surface area contributed by atoms with Crippen molar-refractivity contribution in [2.45, 2.75) is 45.1 Å². The average Bonchev–Trinajstić information content (AvgIpc) is 3.25. The van der Waals surface area contributed by atoms with E-state index in [2.05, 4.69) is 17.2 Å². The number of likely N-dealkylation sites (tertiary alicyclic amines) is 1. The van der Waals surface area contributed by atoms with Crippen LogP contribution in [0, 0.1) is 0 Å². The summed E-state index contributed by atoms with van der Waals surface area (Å²) >= 11 is 0. The summed E-state index contributed by atoms with van der Waals surface area (Å²) in [6, 6.07) is 5.93. The monoisotopic (exact) mass is 337 g/mol. The Bertz CT molecular complexity index is 777. The Morgan fingerprint density at radius 1 is 1.20 bits per heavy atom. The lowest BCUT2D eigenvalue weighted by molar-refractivity contribution is -0.127. The zero-order valence-electron chi connectivity index (χ0n) is 14.5. The average molecular weight is 337 g/mol. The van der Waals surface area contributed by atoms with Crippen LogP contribution in [0.3, 0.4) is 0 Å². The zero-order valence-corrected chi connectivity index (χ0v) is 14.5. The number of rotatable bonds is 5. The van der Waals surface area contributed by atoms with Crippen LogP contribution in [0.5, 0.6) is 0 Å². The Hall–Kier alpha value is -2.50. The fraction of sp³-hybridized carbons (Fsp3) is 0.474. The highest BCUT2D eigenvalue weighted by molar-refractivity contribution is 5.78. The number of hydrogen-bond acceptors (Lipinski definition) is 5. The first kappa shape index (κ1) is 16.0. The molecule has 0 bridgehead atoms. The first-order valence-electron chi connectivity index (χ1n) is 9.06. The van der Waals surface area contributed by atoms with E-state index in [4.69, 9.17) is 9.97 Å². The molecule has 6 nitrogen and oxygen atoms in total. The molecule has 1 fully saturated rings. The molecule has 1 N–H and O–H groups in total. The highest BCUT2D eigenvalue weighted by atomic mass is 16.2. The number of amides is 1. The van der Waals surface area contributed by atoms with E-state index in [-0.39, 0.29) is 11.9 Å². The van der Waals surface area contributed by atoms with Gasteiger partial charge in [-0.15, -0.1) is 0 Å². The van der Waals surface area contributed by atoms with Crippen molar-refractivity contribution in [3.05, 3.63) is 35.7 Å². The predicted octanol–water partition coefficient (Wildman–Crippen LogP) is 2.45. The lowest BCUT2D eigenvalue weighted by Crippen LogP contribution is -2.36. The zero-order chi connectivity index (χ0) is 17.2. The van der Waals surface area contributed by atoms with Gasteiger partial charge in [-0.3, -0.25) is 9.78 Å². The highest BCUT2D eigenvalue weighted by Crippen LogP contribution is 2.29. The fourth-order valence-corrected chi connectivity index (χ4v) is 3.67. The van der Waals surface area contributed by atoms with E-state index in [1.165, 1.54) is 5.56 Å². The number of pyridine rings is 1. The van der Waals surface area contributed by atoms with Crippen LogP contribution in [0.25, 0.3) is 11.5 Å². The van der Waals surface area contributed by atoms with Crippen LogP contribution in [-0.4, -0.2) is 44.9 Å². The summed E-state index contributed by atoms with van der Waals surface area (Å²) in [5.74, 6) is 1.84. The molecule has 0 unspecified atom stereocenters. The third kappa shape index (κ3) is 3.34. The van der Waals surface area contributed by atoms with Gasteiger partial charge in [-0.1, -0.05) is 6.07 Å². The number of aryl methyl sites for hydroxylation is 1. The molecule has 0 spiro atoms. The molecule has 1 aliphatic carbocycles. The van der Waals surface area contributed by atoms with Gasteiger partial charge in [0.1, 0.15) is 11.5 Å². The summed E-state index contributed by atoms with van der Waals surface area (Å²) in [4.78, 5) is 27.7. The van der Waals surface area contributed by atoms with Crippen LogP contribution in [0.4, 0.5) is 5.82 Å². The molecule has 2 aliphatic rings. The second kappa shape index (κ2) is 6.78. The molecular weight excluding hydrogens is 314 g/mol. The fourth-order valence-electron chi connectivity index (χ4n) is 3.67. The lowest BCUT2D eigenvalue weighted by atomic mass is 10.2. The minimum absolute atomic E-state index is 0.151. The second-order valence-corrected chi connectivity index (χ2v) is 6.88. The quantitative estimate of drug-likeness (QED) is 0.907. The summed E-state index contributed by atoms with van der Waals surface area (Å²) in [5.41, 5.74) is 3.14. The summed E-state index contributed by atoms with van der Waals surface area (Å²) in [6.07, 6.45) is 6.53. The Morgan fingerprint density at radius 3 is 2.88 bits per heavy atom. The van der Waals surface area contributed by atoms with Gasteiger partial charge in [-0.05, 0) is 44.7 Å². The van der Waals surface area contributed by atoms with Gasteiger partial charge in [0, 0.05) is 43.0 Å². The molecule has 0 saturated carbocycles. The predicted molar refractivity (Wildman–Crippen MR) is 96.2 cm³/mol. The molecule has 2 aromatic heterocycles. The Labute approximate surface area is 147 Å². The topological polar surface area (TPSA) is 71.0 Å². The van der Waals surface area contributed by atoms with Crippen molar-refractivity contribution in [3.63, 3.8) is 0 Å². The van der Waals surface area contributed by atoms with Gasteiger partial charge in [0.25, 0.3) is 0 Å². The van der Waals surface area contributed by atoms with E-state index in [9.17, 15) is 4.79 Å². The normalized spacial score (nSPS) is 17.6. The van der Waals surface area contributed by atoms with Gasteiger partial charge in [0.15, 0.2) is 5.82 Å². The molecule has 1 saturated heterocycles. The summed E-state index contributed by atoms with van der Waals surface area (Å²) in [7, 11) is 0. The molecule has 130 valence electrons. The molecule has 0 radical (unpaired) electrons. The molecule has 25 heavy (non-hydrogen) atoms. The molecule has 3 heterocycles. The maximum absolute atomic E-state index is 11.9. The van der Waals surface area contributed by atoms with Crippen LogP contribution < -0.4 is 5.32 Å². The van der Waals surface area contributed by atoms with Crippen molar-refractivity contribution in [3.8, 4) is 11.5 Å². The maximum atomic E-state index is 11.9. The molecule has 1 amide bonds. The Balaban J connectivity index is 1.58. The van der Waals surface area contributed by atoms with E-state index >= 15 is 0 Å². The van der Waals surface area contributed by atoms with Crippen LogP contribution in [0.2, 0.25) is 0 Å². The summed E-state index contributed by atoms with van der Waals surface area (Å²) < 4.78 is 0. The molecule has 1 aliphatic heterocycles. The van der Waals surface area contributed by atoms with Gasteiger partial charge in [-0.25, -0.2) is 9.97 Å². The van der Waals surface area contributed by atoms with Crippen LogP contribution in [0.1, 0.15) is 37.4 Å². The number of hydrogen-bond donors (Lipinski definition) is 1. The van der Waals surface area contributed by atoms with E-state index in [1.807, 2.05) is 23.1 Å².